The highest BCUT2D eigenvalue weighted by atomic mass is 16.5. The predicted octanol–water partition coefficient (Wildman–Crippen LogP) is 2.26. The van der Waals surface area contributed by atoms with E-state index in [1.165, 1.54) is 0 Å². The molecule has 0 bridgehead atoms. The van der Waals surface area contributed by atoms with Crippen LogP contribution in [0.4, 0.5) is 0 Å². The number of ether oxygens (including phenoxy) is 2. The first kappa shape index (κ1) is 19.0. The van der Waals surface area contributed by atoms with Gasteiger partial charge in [0.2, 0.25) is 0 Å². The third-order valence-electron chi connectivity index (χ3n) is 5.42. The van der Waals surface area contributed by atoms with Crippen LogP contribution in [0, 0.1) is 0 Å². The van der Waals surface area contributed by atoms with Crippen LogP contribution in [0.25, 0.3) is 0 Å². The number of aliphatic imine (C=N–C) groups is 1. The van der Waals surface area contributed by atoms with Crippen molar-refractivity contribution in [2.75, 3.05) is 27.3 Å². The largest absolute Gasteiger partial charge is 0.497 e. The number of nitrogens with one attached hydrogen (secondary N) is 1. The minimum atomic E-state index is -0.652. The van der Waals surface area contributed by atoms with Crippen molar-refractivity contribution in [1.29, 1.82) is 0 Å². The Hall–Kier alpha value is -3.35. The second-order valence-corrected chi connectivity index (χ2v) is 7.20. The van der Waals surface area contributed by atoms with Crippen molar-refractivity contribution in [3.05, 3.63) is 59.7 Å². The van der Waals surface area contributed by atoms with E-state index >= 15 is 0 Å². The van der Waals surface area contributed by atoms with Crippen molar-refractivity contribution in [3.63, 3.8) is 0 Å². The molecule has 1 fully saturated rings. The van der Waals surface area contributed by atoms with E-state index in [1.54, 1.807) is 43.4 Å². The van der Waals surface area contributed by atoms with Crippen LogP contribution in [0.1, 0.15) is 28.8 Å². The maximum atomic E-state index is 12.8. The number of carbonyl (C=O) groups is 2. The van der Waals surface area contributed by atoms with Gasteiger partial charge in [0, 0.05) is 37.1 Å². The second kappa shape index (κ2) is 7.58. The van der Waals surface area contributed by atoms with Crippen LogP contribution in [0.3, 0.4) is 0 Å². The molecule has 0 radical (unpaired) electrons. The Bertz CT molecular complexity index is 978. The summed E-state index contributed by atoms with van der Waals surface area (Å²) in [6.45, 7) is 1.04. The van der Waals surface area contributed by atoms with Gasteiger partial charge in [0.1, 0.15) is 22.9 Å². The number of carbonyl (C=O) groups excluding carboxylic acids is 2. The van der Waals surface area contributed by atoms with E-state index in [9.17, 15) is 9.59 Å². The fourth-order valence-electron chi connectivity index (χ4n) is 3.78. The lowest BCUT2D eigenvalue weighted by Crippen LogP contribution is -2.52. The Balaban J connectivity index is 1.49. The highest BCUT2D eigenvalue weighted by Gasteiger charge is 2.43. The van der Waals surface area contributed by atoms with Gasteiger partial charge in [0.05, 0.1) is 14.2 Å². The number of methoxy groups -OCH3 is 2. The molecule has 1 saturated heterocycles. The zero-order valence-electron chi connectivity index (χ0n) is 16.5. The van der Waals surface area contributed by atoms with Gasteiger partial charge in [-0.1, -0.05) is 18.2 Å². The van der Waals surface area contributed by atoms with Gasteiger partial charge in [-0.3, -0.25) is 14.6 Å². The fourth-order valence-corrected chi connectivity index (χ4v) is 3.78. The van der Waals surface area contributed by atoms with Crippen LogP contribution in [0.2, 0.25) is 0 Å². The van der Waals surface area contributed by atoms with Crippen molar-refractivity contribution in [2.45, 2.75) is 18.5 Å². The molecule has 7 heteroatoms. The molecule has 150 valence electrons. The maximum Gasteiger partial charge on any atom is 0.272 e. The lowest BCUT2D eigenvalue weighted by Gasteiger charge is -2.37. The molecule has 1 spiro atoms. The topological polar surface area (TPSA) is 80.2 Å². The summed E-state index contributed by atoms with van der Waals surface area (Å²) in [5.74, 6) is 1.10. The van der Waals surface area contributed by atoms with Crippen molar-refractivity contribution in [2.24, 2.45) is 4.99 Å². The van der Waals surface area contributed by atoms with E-state index in [0.717, 1.165) is 5.56 Å². The molecule has 2 aliphatic heterocycles. The molecular weight excluding hydrogens is 370 g/mol. The number of benzene rings is 2. The molecule has 29 heavy (non-hydrogen) atoms. The number of hydrogen-bond donors (Lipinski definition) is 1. The SMILES string of the molecule is COc1cccc(C(=O)N2CCC3(CC2)N=C(c2cccc(OC)c2)C(=O)N3)c1. The number of piperidine rings is 1. The number of likely N-dealkylation sites (tertiary alicyclic amines) is 1. The molecule has 2 amide bonds. The highest BCUT2D eigenvalue weighted by molar-refractivity contribution is 6.46. The molecule has 2 aromatic rings. The van der Waals surface area contributed by atoms with Crippen LogP contribution in [-0.2, 0) is 4.79 Å². The van der Waals surface area contributed by atoms with Gasteiger partial charge in [0.15, 0.2) is 0 Å². The van der Waals surface area contributed by atoms with Gasteiger partial charge in [-0.15, -0.1) is 0 Å². The third kappa shape index (κ3) is 3.68. The molecule has 2 heterocycles. The van der Waals surface area contributed by atoms with Gasteiger partial charge in [-0.05, 0) is 30.3 Å². The Morgan fingerprint density at radius 2 is 1.69 bits per heavy atom. The first-order valence-corrected chi connectivity index (χ1v) is 9.54. The smallest absolute Gasteiger partial charge is 0.272 e. The van der Waals surface area contributed by atoms with Crippen LogP contribution in [0.15, 0.2) is 53.5 Å². The van der Waals surface area contributed by atoms with Gasteiger partial charge >= 0.3 is 0 Å². The summed E-state index contributed by atoms with van der Waals surface area (Å²) < 4.78 is 10.5. The Morgan fingerprint density at radius 3 is 2.38 bits per heavy atom. The predicted molar refractivity (Wildman–Crippen MR) is 109 cm³/mol. The lowest BCUT2D eigenvalue weighted by atomic mass is 9.97. The first-order valence-electron chi connectivity index (χ1n) is 9.54. The first-order chi connectivity index (χ1) is 14.0. The van der Waals surface area contributed by atoms with E-state index in [4.69, 9.17) is 14.5 Å². The number of amides is 2. The fraction of sp³-hybridized carbons (Fsp3) is 0.318. The minimum Gasteiger partial charge on any atom is -0.497 e. The normalized spacial score (nSPS) is 17.7. The minimum absolute atomic E-state index is 0.0416. The average molecular weight is 393 g/mol. The van der Waals surface area contributed by atoms with E-state index in [-0.39, 0.29) is 11.8 Å². The van der Waals surface area contributed by atoms with Gasteiger partial charge in [0.25, 0.3) is 11.8 Å². The quantitative estimate of drug-likeness (QED) is 0.864. The number of hydrogen-bond acceptors (Lipinski definition) is 5. The summed E-state index contributed by atoms with van der Waals surface area (Å²) in [5, 5.41) is 3.03. The van der Waals surface area contributed by atoms with Crippen molar-refractivity contribution in [3.8, 4) is 11.5 Å². The molecular formula is C22H23N3O4. The van der Waals surface area contributed by atoms with Crippen LogP contribution in [0.5, 0.6) is 11.5 Å². The molecule has 2 aliphatic rings. The molecule has 0 aliphatic carbocycles. The van der Waals surface area contributed by atoms with Crippen LogP contribution < -0.4 is 14.8 Å². The standard InChI is InChI=1S/C22H23N3O4/c1-28-17-7-3-5-15(13-17)19-20(26)24-22(23-19)9-11-25(12-10-22)21(27)16-6-4-8-18(14-16)29-2/h3-8,13-14H,9-12H2,1-2H3,(H,24,26). The molecule has 0 atom stereocenters. The van der Waals surface area contributed by atoms with E-state index in [1.807, 2.05) is 24.3 Å². The van der Waals surface area contributed by atoms with Crippen molar-refractivity contribution in [1.82, 2.24) is 10.2 Å². The lowest BCUT2D eigenvalue weighted by molar-refractivity contribution is -0.115. The molecule has 0 unspecified atom stereocenters. The number of rotatable bonds is 4. The zero-order chi connectivity index (χ0) is 20.4. The third-order valence-corrected chi connectivity index (χ3v) is 5.42. The molecule has 2 aromatic carbocycles. The zero-order valence-corrected chi connectivity index (χ0v) is 16.5. The van der Waals surface area contributed by atoms with Crippen molar-refractivity contribution >= 4 is 17.5 Å². The summed E-state index contributed by atoms with van der Waals surface area (Å²) in [6.07, 6.45) is 1.14. The molecule has 4 rings (SSSR count). The summed E-state index contributed by atoms with van der Waals surface area (Å²) in [4.78, 5) is 31.9. The van der Waals surface area contributed by atoms with Gasteiger partial charge in [-0.2, -0.15) is 0 Å². The summed E-state index contributed by atoms with van der Waals surface area (Å²) in [6, 6.07) is 14.5. The number of nitrogens with zero attached hydrogens (tertiary/aromatic N) is 2. The van der Waals surface area contributed by atoms with Gasteiger partial charge < -0.3 is 19.7 Å². The second-order valence-electron chi connectivity index (χ2n) is 7.20. The van der Waals surface area contributed by atoms with E-state index in [2.05, 4.69) is 5.32 Å². The Labute approximate surface area is 169 Å². The van der Waals surface area contributed by atoms with Crippen LogP contribution in [-0.4, -0.2) is 55.4 Å². The molecule has 0 saturated carbocycles. The monoisotopic (exact) mass is 393 g/mol. The Morgan fingerprint density at radius 1 is 1.03 bits per heavy atom. The Kier molecular flexibility index (Phi) is 4.96. The van der Waals surface area contributed by atoms with E-state index < -0.39 is 5.66 Å². The van der Waals surface area contributed by atoms with Crippen molar-refractivity contribution < 1.29 is 19.1 Å². The van der Waals surface area contributed by atoms with E-state index in [0.29, 0.717) is 48.7 Å². The average Bonchev–Trinajstić information content (AvgIpc) is 3.09. The summed E-state index contributed by atoms with van der Waals surface area (Å²) in [5.41, 5.74) is 1.09. The summed E-state index contributed by atoms with van der Waals surface area (Å²) >= 11 is 0. The molecule has 7 nitrogen and oxygen atoms in total. The highest BCUT2D eigenvalue weighted by Crippen LogP contribution is 2.30. The summed E-state index contributed by atoms with van der Waals surface area (Å²) in [7, 11) is 3.17. The maximum absolute atomic E-state index is 12.8. The molecule has 0 aromatic heterocycles. The van der Waals surface area contributed by atoms with Gasteiger partial charge in [-0.25, -0.2) is 0 Å². The van der Waals surface area contributed by atoms with Crippen LogP contribution >= 0.6 is 0 Å². The molecule has 1 N–H and O–H groups in total.